The van der Waals surface area contributed by atoms with E-state index < -0.39 is 0 Å². The number of nitrogens with zero attached hydrogens (tertiary/aromatic N) is 1. The molecule has 1 aromatic heterocycles. The summed E-state index contributed by atoms with van der Waals surface area (Å²) < 4.78 is 13.8. The fourth-order valence-corrected chi connectivity index (χ4v) is 3.50. The number of nitrogens with one attached hydrogen (secondary N) is 1. The van der Waals surface area contributed by atoms with Crippen molar-refractivity contribution in [2.45, 2.75) is 19.4 Å². The molecular formula is C19H16ClFN2O. The highest BCUT2D eigenvalue weighted by molar-refractivity contribution is 6.31. The van der Waals surface area contributed by atoms with Crippen molar-refractivity contribution in [3.8, 4) is 0 Å². The molecule has 0 unspecified atom stereocenters. The maximum Gasteiger partial charge on any atom is 0.227 e. The fraction of sp³-hybridized carbons (Fsp3) is 0.211. The van der Waals surface area contributed by atoms with Gasteiger partial charge in [-0.05, 0) is 23.8 Å². The number of carbonyl (C=O) groups is 1. The number of amides is 1. The van der Waals surface area contributed by atoms with Crippen LogP contribution in [0.3, 0.4) is 0 Å². The van der Waals surface area contributed by atoms with Gasteiger partial charge in [-0.25, -0.2) is 4.39 Å². The number of H-pyrrole nitrogens is 1. The summed E-state index contributed by atoms with van der Waals surface area (Å²) in [6.07, 6.45) is 0.862. The quantitative estimate of drug-likeness (QED) is 0.748. The fourth-order valence-electron chi connectivity index (χ4n) is 3.32. The van der Waals surface area contributed by atoms with Crippen LogP contribution in [0.2, 0.25) is 5.02 Å². The van der Waals surface area contributed by atoms with Crippen molar-refractivity contribution in [1.82, 2.24) is 9.88 Å². The maximum absolute atomic E-state index is 13.8. The lowest BCUT2D eigenvalue weighted by Crippen LogP contribution is -2.36. The first-order valence-corrected chi connectivity index (χ1v) is 8.30. The van der Waals surface area contributed by atoms with E-state index in [2.05, 4.69) is 4.98 Å². The minimum absolute atomic E-state index is 0.0472. The number of hydrogen-bond donors (Lipinski definition) is 1. The van der Waals surface area contributed by atoms with E-state index in [4.69, 9.17) is 11.6 Å². The highest BCUT2D eigenvalue weighted by Crippen LogP contribution is 2.29. The molecule has 0 aliphatic carbocycles. The Bertz CT molecular complexity index is 934. The molecular weight excluding hydrogens is 327 g/mol. The standard InChI is InChI=1S/C19H16ClFN2O/c20-13-5-6-14-15-11-23(8-7-17(15)22-18(14)10-13)19(24)9-12-3-1-2-4-16(12)21/h1-6,10,22H,7-9,11H2. The topological polar surface area (TPSA) is 36.1 Å². The Kier molecular flexibility index (Phi) is 3.77. The monoisotopic (exact) mass is 342 g/mol. The highest BCUT2D eigenvalue weighted by atomic mass is 35.5. The molecule has 0 bridgehead atoms. The summed E-state index contributed by atoms with van der Waals surface area (Å²) >= 11 is 6.05. The number of aromatic nitrogens is 1. The predicted octanol–water partition coefficient (Wildman–Crippen LogP) is 4.09. The number of hydrogen-bond acceptors (Lipinski definition) is 1. The Labute approximate surface area is 144 Å². The van der Waals surface area contributed by atoms with E-state index in [1.54, 1.807) is 23.1 Å². The van der Waals surface area contributed by atoms with Crippen LogP contribution in [0.15, 0.2) is 42.5 Å². The second-order valence-electron chi connectivity index (χ2n) is 6.11. The van der Waals surface area contributed by atoms with E-state index in [1.165, 1.54) is 6.07 Å². The average molecular weight is 343 g/mol. The molecule has 3 nitrogen and oxygen atoms in total. The van der Waals surface area contributed by atoms with Crippen LogP contribution in [0.1, 0.15) is 16.8 Å². The Morgan fingerprint density at radius 3 is 2.92 bits per heavy atom. The van der Waals surface area contributed by atoms with E-state index in [1.807, 2.05) is 18.2 Å². The summed E-state index contributed by atoms with van der Waals surface area (Å²) in [6, 6.07) is 12.2. The Balaban J connectivity index is 1.58. The number of halogens is 2. The second kappa shape index (κ2) is 5.95. The van der Waals surface area contributed by atoms with Gasteiger partial charge in [0.2, 0.25) is 5.91 Å². The van der Waals surface area contributed by atoms with E-state index in [0.717, 1.165) is 28.6 Å². The van der Waals surface area contributed by atoms with Crippen molar-refractivity contribution < 1.29 is 9.18 Å². The van der Waals surface area contributed by atoms with E-state index >= 15 is 0 Å². The average Bonchev–Trinajstić information content (AvgIpc) is 2.93. The lowest BCUT2D eigenvalue weighted by Gasteiger charge is -2.27. The molecule has 24 heavy (non-hydrogen) atoms. The molecule has 0 fully saturated rings. The van der Waals surface area contributed by atoms with Crippen molar-refractivity contribution in [1.29, 1.82) is 0 Å². The van der Waals surface area contributed by atoms with Crippen molar-refractivity contribution in [2.75, 3.05) is 6.54 Å². The van der Waals surface area contributed by atoms with Gasteiger partial charge in [-0.3, -0.25) is 4.79 Å². The van der Waals surface area contributed by atoms with Gasteiger partial charge in [0, 0.05) is 46.7 Å². The van der Waals surface area contributed by atoms with Crippen LogP contribution in [-0.2, 0) is 24.2 Å². The van der Waals surface area contributed by atoms with Gasteiger partial charge in [-0.15, -0.1) is 0 Å². The first-order valence-electron chi connectivity index (χ1n) is 7.92. The molecule has 1 aliphatic heterocycles. The Hall–Kier alpha value is -2.33. The number of benzene rings is 2. The van der Waals surface area contributed by atoms with Crippen molar-refractivity contribution in [3.63, 3.8) is 0 Å². The van der Waals surface area contributed by atoms with Gasteiger partial charge >= 0.3 is 0 Å². The Morgan fingerprint density at radius 1 is 1.25 bits per heavy atom. The van der Waals surface area contributed by atoms with E-state index in [-0.39, 0.29) is 18.1 Å². The zero-order valence-electron chi connectivity index (χ0n) is 13.0. The maximum atomic E-state index is 13.8. The molecule has 0 saturated heterocycles. The summed E-state index contributed by atoms with van der Waals surface area (Å²) in [5.74, 6) is -0.376. The molecule has 122 valence electrons. The van der Waals surface area contributed by atoms with Crippen LogP contribution in [-0.4, -0.2) is 22.3 Å². The minimum atomic E-state index is -0.328. The molecule has 0 atom stereocenters. The van der Waals surface area contributed by atoms with Crippen LogP contribution >= 0.6 is 11.6 Å². The molecule has 0 radical (unpaired) electrons. The van der Waals surface area contributed by atoms with Gasteiger partial charge in [0.15, 0.2) is 0 Å². The zero-order valence-corrected chi connectivity index (χ0v) is 13.7. The van der Waals surface area contributed by atoms with Crippen LogP contribution in [0.4, 0.5) is 4.39 Å². The summed E-state index contributed by atoms with van der Waals surface area (Å²) in [6.45, 7) is 1.19. The van der Waals surface area contributed by atoms with Crippen LogP contribution in [0.25, 0.3) is 10.9 Å². The molecule has 1 amide bonds. The molecule has 2 heterocycles. The highest BCUT2D eigenvalue weighted by Gasteiger charge is 2.24. The third-order valence-electron chi connectivity index (χ3n) is 4.59. The zero-order chi connectivity index (χ0) is 16.7. The van der Waals surface area contributed by atoms with Crippen LogP contribution in [0.5, 0.6) is 0 Å². The van der Waals surface area contributed by atoms with Gasteiger partial charge < -0.3 is 9.88 Å². The minimum Gasteiger partial charge on any atom is -0.358 e. The molecule has 4 rings (SSSR count). The van der Waals surface area contributed by atoms with Crippen molar-refractivity contribution in [2.24, 2.45) is 0 Å². The largest absolute Gasteiger partial charge is 0.358 e. The lowest BCUT2D eigenvalue weighted by atomic mass is 10.0. The summed E-state index contributed by atoms with van der Waals surface area (Å²) in [7, 11) is 0. The molecule has 0 spiro atoms. The molecule has 3 aromatic rings. The number of aromatic amines is 1. The number of carbonyl (C=O) groups excluding carboxylic acids is 1. The molecule has 1 aliphatic rings. The first kappa shape index (κ1) is 15.2. The van der Waals surface area contributed by atoms with Gasteiger partial charge in [0.1, 0.15) is 5.82 Å². The molecule has 2 aromatic carbocycles. The van der Waals surface area contributed by atoms with Gasteiger partial charge in [-0.1, -0.05) is 35.9 Å². The van der Waals surface area contributed by atoms with Gasteiger partial charge in [-0.2, -0.15) is 0 Å². The summed E-state index contributed by atoms with van der Waals surface area (Å²) in [5.41, 5.74) is 3.73. The lowest BCUT2D eigenvalue weighted by molar-refractivity contribution is -0.131. The van der Waals surface area contributed by atoms with Crippen LogP contribution < -0.4 is 0 Å². The third kappa shape index (κ3) is 2.67. The first-order chi connectivity index (χ1) is 11.6. The van der Waals surface area contributed by atoms with E-state index in [9.17, 15) is 9.18 Å². The molecule has 0 saturated carbocycles. The summed E-state index contributed by atoms with van der Waals surface area (Å²) in [4.78, 5) is 17.8. The normalized spacial score (nSPS) is 14.0. The Morgan fingerprint density at radius 2 is 2.08 bits per heavy atom. The SMILES string of the molecule is O=C(Cc1ccccc1F)N1CCc2[nH]c3cc(Cl)ccc3c2C1. The van der Waals surface area contributed by atoms with Gasteiger partial charge in [0.05, 0.1) is 6.42 Å². The molecule has 5 heteroatoms. The summed E-state index contributed by atoms with van der Waals surface area (Å²) in [5, 5.41) is 1.78. The van der Waals surface area contributed by atoms with Gasteiger partial charge in [0.25, 0.3) is 0 Å². The van der Waals surface area contributed by atoms with E-state index in [0.29, 0.717) is 23.7 Å². The molecule has 1 N–H and O–H groups in total. The van der Waals surface area contributed by atoms with Crippen molar-refractivity contribution >= 4 is 28.4 Å². The van der Waals surface area contributed by atoms with Crippen LogP contribution in [0, 0.1) is 5.82 Å². The number of fused-ring (bicyclic) bond motifs is 3. The predicted molar refractivity (Wildman–Crippen MR) is 92.5 cm³/mol. The third-order valence-corrected chi connectivity index (χ3v) is 4.82. The second-order valence-corrected chi connectivity index (χ2v) is 6.54. The number of rotatable bonds is 2. The smallest absolute Gasteiger partial charge is 0.227 e. The van der Waals surface area contributed by atoms with Crippen molar-refractivity contribution in [3.05, 3.63) is 70.1 Å².